The lowest BCUT2D eigenvalue weighted by Crippen LogP contribution is -2.56. The van der Waals surface area contributed by atoms with Crippen LogP contribution in [0.4, 0.5) is 0 Å². The molecule has 0 bridgehead atoms. The molecular weight excluding hydrogens is 440 g/mol. The third-order valence-electron chi connectivity index (χ3n) is 12.1. The zero-order valence-electron chi connectivity index (χ0n) is 25.4. The summed E-state index contributed by atoms with van der Waals surface area (Å²) in [5.41, 5.74) is 6.88. The maximum absolute atomic E-state index is 6.84. The van der Waals surface area contributed by atoms with Gasteiger partial charge in [-0.05, 0) is 137 Å². The summed E-state index contributed by atoms with van der Waals surface area (Å²) in [6.07, 6.45) is 16.5. The van der Waals surface area contributed by atoms with Gasteiger partial charge in [0.25, 0.3) is 0 Å². The van der Waals surface area contributed by atoms with Crippen molar-refractivity contribution >= 4 is 8.32 Å². The van der Waals surface area contributed by atoms with E-state index in [0.717, 1.165) is 17.8 Å². The van der Waals surface area contributed by atoms with Crippen molar-refractivity contribution < 1.29 is 4.43 Å². The quantitative estimate of drug-likeness (QED) is 0.261. The van der Waals surface area contributed by atoms with E-state index in [1.807, 2.05) is 11.1 Å². The molecule has 0 aromatic heterocycles. The minimum atomic E-state index is -1.54. The summed E-state index contributed by atoms with van der Waals surface area (Å²) in [5, 5.41) is 0. The summed E-state index contributed by atoms with van der Waals surface area (Å²) in [4.78, 5) is 0. The Kier molecular flexibility index (Phi) is 7.23. The predicted octanol–water partition coefficient (Wildman–Crippen LogP) is 10.3. The van der Waals surface area contributed by atoms with Gasteiger partial charge in [-0.1, -0.05) is 64.3 Å². The van der Waals surface area contributed by atoms with Crippen LogP contribution in [0.1, 0.15) is 120 Å². The molecule has 200 valence electrons. The molecule has 2 saturated carbocycles. The van der Waals surface area contributed by atoms with E-state index in [0.29, 0.717) is 22.3 Å². The highest BCUT2D eigenvalue weighted by Gasteiger charge is 2.63. The van der Waals surface area contributed by atoms with Crippen molar-refractivity contribution in [2.75, 3.05) is 0 Å². The van der Waals surface area contributed by atoms with E-state index in [4.69, 9.17) is 4.43 Å². The van der Waals surface area contributed by atoms with Crippen molar-refractivity contribution in [1.82, 2.24) is 0 Å². The second kappa shape index (κ2) is 9.14. The molecular formula is C33H58OSi. The van der Waals surface area contributed by atoms with Crippen molar-refractivity contribution in [2.24, 2.45) is 39.4 Å². The zero-order valence-corrected chi connectivity index (χ0v) is 26.4. The number of hydrogen-bond donors (Lipinski definition) is 0. The van der Waals surface area contributed by atoms with Gasteiger partial charge in [0.05, 0.1) is 6.10 Å². The van der Waals surface area contributed by atoms with Crippen LogP contribution in [0.15, 0.2) is 22.8 Å². The summed E-state index contributed by atoms with van der Waals surface area (Å²) in [5.74, 6) is 2.48. The molecule has 4 aliphatic carbocycles. The van der Waals surface area contributed by atoms with Gasteiger partial charge in [0.15, 0.2) is 8.32 Å². The Morgan fingerprint density at radius 2 is 1.63 bits per heavy atom. The standard InChI is InChI=1S/C33H58OSi/c1-23(2)13-12-14-24(3)25-17-21-33(8)27-15-16-28-30(4,5)29(34-35(9,10)11)19-20-31(28,6)26(27)18-22-32(25,33)7/h13,24-25,28-29H,12,14-22H2,1-11H3. The molecule has 7 atom stereocenters. The molecule has 35 heavy (non-hydrogen) atoms. The highest BCUT2D eigenvalue weighted by molar-refractivity contribution is 6.69. The molecule has 0 aromatic rings. The van der Waals surface area contributed by atoms with Crippen LogP contribution in [0.5, 0.6) is 0 Å². The van der Waals surface area contributed by atoms with Crippen LogP contribution >= 0.6 is 0 Å². The first-order chi connectivity index (χ1) is 16.1. The second-order valence-corrected chi connectivity index (χ2v) is 20.2. The molecule has 0 radical (unpaired) electrons. The molecule has 0 saturated heterocycles. The summed E-state index contributed by atoms with van der Waals surface area (Å²) in [7, 11) is -1.54. The number of allylic oxidation sites excluding steroid dienone is 4. The van der Waals surface area contributed by atoms with Crippen molar-refractivity contribution in [1.29, 1.82) is 0 Å². The molecule has 4 aliphatic rings. The lowest BCUT2D eigenvalue weighted by molar-refractivity contribution is -0.0885. The molecule has 0 spiro atoms. The molecule has 0 heterocycles. The van der Waals surface area contributed by atoms with Crippen LogP contribution in [0.3, 0.4) is 0 Å². The van der Waals surface area contributed by atoms with Crippen molar-refractivity contribution in [3.8, 4) is 0 Å². The first-order valence-corrected chi connectivity index (χ1v) is 18.5. The van der Waals surface area contributed by atoms with E-state index in [1.54, 1.807) is 0 Å². The van der Waals surface area contributed by atoms with Crippen LogP contribution < -0.4 is 0 Å². The Morgan fingerprint density at radius 1 is 0.943 bits per heavy atom. The van der Waals surface area contributed by atoms with Gasteiger partial charge in [0, 0.05) is 0 Å². The van der Waals surface area contributed by atoms with Crippen molar-refractivity contribution in [2.45, 2.75) is 145 Å². The van der Waals surface area contributed by atoms with Crippen LogP contribution in [0.2, 0.25) is 19.6 Å². The van der Waals surface area contributed by atoms with Gasteiger partial charge in [-0.25, -0.2) is 0 Å². The Morgan fingerprint density at radius 3 is 2.26 bits per heavy atom. The van der Waals surface area contributed by atoms with E-state index in [9.17, 15) is 0 Å². The van der Waals surface area contributed by atoms with E-state index in [2.05, 4.69) is 81.1 Å². The lowest BCUT2D eigenvalue weighted by Gasteiger charge is -2.63. The normalized spacial score (nSPS) is 41.6. The topological polar surface area (TPSA) is 9.23 Å². The largest absolute Gasteiger partial charge is 0.414 e. The third kappa shape index (κ3) is 4.49. The minimum Gasteiger partial charge on any atom is -0.414 e. The first kappa shape index (κ1) is 27.7. The van der Waals surface area contributed by atoms with E-state index in [-0.39, 0.29) is 5.41 Å². The maximum atomic E-state index is 6.84. The summed E-state index contributed by atoms with van der Waals surface area (Å²) >= 11 is 0. The summed E-state index contributed by atoms with van der Waals surface area (Å²) in [6, 6.07) is 0. The highest BCUT2D eigenvalue weighted by Crippen LogP contribution is 2.72. The average molecular weight is 499 g/mol. The molecule has 4 rings (SSSR count). The van der Waals surface area contributed by atoms with Crippen molar-refractivity contribution in [3.05, 3.63) is 22.8 Å². The summed E-state index contributed by atoms with van der Waals surface area (Å²) in [6.45, 7) is 27.4. The molecule has 2 heteroatoms. The van der Waals surface area contributed by atoms with Gasteiger partial charge in [0.1, 0.15) is 0 Å². The molecule has 0 N–H and O–H groups in total. The van der Waals surface area contributed by atoms with E-state index < -0.39 is 8.32 Å². The molecule has 0 aliphatic heterocycles. The SMILES string of the molecule is CC(C)=CCCC(C)C1CCC2(C)C3=C(CCC12C)C1(C)CCC(O[Si](C)(C)C)C(C)(C)C1CC3. The molecule has 1 nitrogen and oxygen atoms in total. The fraction of sp³-hybridized carbons (Fsp3) is 0.879. The Balaban J connectivity index is 1.62. The fourth-order valence-corrected chi connectivity index (χ4v) is 11.4. The van der Waals surface area contributed by atoms with Crippen LogP contribution in [0, 0.1) is 39.4 Å². The van der Waals surface area contributed by atoms with Crippen LogP contribution in [0.25, 0.3) is 0 Å². The van der Waals surface area contributed by atoms with Crippen LogP contribution in [-0.2, 0) is 4.43 Å². The average Bonchev–Trinajstić information content (AvgIpc) is 3.01. The first-order valence-electron chi connectivity index (χ1n) is 15.1. The number of rotatable bonds is 6. The van der Waals surface area contributed by atoms with Gasteiger partial charge >= 0.3 is 0 Å². The van der Waals surface area contributed by atoms with Crippen molar-refractivity contribution in [3.63, 3.8) is 0 Å². The Bertz CT molecular complexity index is 870. The summed E-state index contributed by atoms with van der Waals surface area (Å²) < 4.78 is 6.84. The van der Waals surface area contributed by atoms with E-state index in [1.165, 1.54) is 69.8 Å². The monoisotopic (exact) mass is 498 g/mol. The van der Waals surface area contributed by atoms with Gasteiger partial charge < -0.3 is 4.43 Å². The smallest absolute Gasteiger partial charge is 0.184 e. The Labute approximate surface area is 220 Å². The van der Waals surface area contributed by atoms with Gasteiger partial charge in [-0.3, -0.25) is 0 Å². The zero-order chi connectivity index (χ0) is 26.0. The van der Waals surface area contributed by atoms with Crippen LogP contribution in [-0.4, -0.2) is 14.4 Å². The molecule has 2 fully saturated rings. The molecule has 7 unspecified atom stereocenters. The predicted molar refractivity (Wildman–Crippen MR) is 155 cm³/mol. The van der Waals surface area contributed by atoms with Gasteiger partial charge in [0.2, 0.25) is 0 Å². The second-order valence-electron chi connectivity index (χ2n) is 15.8. The number of hydrogen-bond acceptors (Lipinski definition) is 1. The lowest BCUT2D eigenvalue weighted by atomic mass is 9.43. The highest BCUT2D eigenvalue weighted by atomic mass is 28.4. The third-order valence-corrected chi connectivity index (χ3v) is 13.1. The van der Waals surface area contributed by atoms with E-state index >= 15 is 0 Å². The fourth-order valence-electron chi connectivity index (χ4n) is 10.1. The Hall–Kier alpha value is -0.343. The van der Waals surface area contributed by atoms with Gasteiger partial charge in [-0.15, -0.1) is 0 Å². The maximum Gasteiger partial charge on any atom is 0.184 e. The molecule has 0 amide bonds. The van der Waals surface area contributed by atoms with Gasteiger partial charge in [-0.2, -0.15) is 0 Å². The minimum absolute atomic E-state index is 0.269. The molecule has 0 aromatic carbocycles. The number of fused-ring (bicyclic) bond motifs is 4.